The van der Waals surface area contributed by atoms with Crippen molar-refractivity contribution in [2.45, 2.75) is 18.2 Å². The van der Waals surface area contributed by atoms with Crippen molar-refractivity contribution in [3.63, 3.8) is 0 Å². The first-order valence-electron chi connectivity index (χ1n) is 6.75. The summed E-state index contributed by atoms with van der Waals surface area (Å²) in [7, 11) is -3.22. The largest absolute Gasteiger partial charge is 0.330 e. The Hall–Kier alpha value is -0.430. The molecule has 1 aliphatic rings. The zero-order valence-corrected chi connectivity index (χ0v) is 14.1. The second-order valence-electron chi connectivity index (χ2n) is 5.82. The molecule has 6 heteroatoms. The van der Waals surface area contributed by atoms with Crippen LogP contribution in [0.2, 0.25) is 0 Å². The highest BCUT2D eigenvalue weighted by Gasteiger charge is 2.32. The van der Waals surface area contributed by atoms with E-state index in [-0.39, 0.29) is 11.2 Å². The molecule has 2 N–H and O–H groups in total. The summed E-state index contributed by atoms with van der Waals surface area (Å²) in [4.78, 5) is 2.58. The lowest BCUT2D eigenvalue weighted by Gasteiger charge is -2.22. The smallest absolute Gasteiger partial charge is 0.179 e. The minimum absolute atomic E-state index is 0.138. The van der Waals surface area contributed by atoms with Crippen LogP contribution < -0.4 is 5.73 Å². The number of rotatable bonds is 5. The molecule has 2 rings (SSSR count). The summed E-state index contributed by atoms with van der Waals surface area (Å²) in [6.45, 7) is 5.21. The highest BCUT2D eigenvalue weighted by molar-refractivity contribution is 9.10. The molecule has 0 aromatic heterocycles. The van der Waals surface area contributed by atoms with Crippen molar-refractivity contribution >= 4 is 25.8 Å². The molecule has 0 amide bonds. The van der Waals surface area contributed by atoms with Crippen LogP contribution in [-0.4, -0.2) is 45.2 Å². The van der Waals surface area contributed by atoms with Gasteiger partial charge in [-0.2, -0.15) is 0 Å². The van der Waals surface area contributed by atoms with Crippen molar-refractivity contribution in [2.75, 3.05) is 31.9 Å². The van der Waals surface area contributed by atoms with E-state index in [2.05, 4.69) is 27.8 Å². The molecule has 1 aromatic carbocycles. The molecular weight excluding hydrogens is 340 g/mol. The van der Waals surface area contributed by atoms with Gasteiger partial charge in [-0.3, -0.25) is 0 Å². The van der Waals surface area contributed by atoms with E-state index in [0.717, 1.165) is 24.0 Å². The van der Waals surface area contributed by atoms with E-state index in [1.54, 1.807) is 18.2 Å². The minimum atomic E-state index is -3.22. The summed E-state index contributed by atoms with van der Waals surface area (Å²) in [5.41, 5.74) is 5.91. The van der Waals surface area contributed by atoms with Gasteiger partial charge >= 0.3 is 0 Å². The lowest BCUT2D eigenvalue weighted by Crippen LogP contribution is -2.33. The second-order valence-corrected chi connectivity index (χ2v) is 8.84. The molecule has 0 spiro atoms. The van der Waals surface area contributed by atoms with E-state index in [9.17, 15) is 8.42 Å². The van der Waals surface area contributed by atoms with E-state index in [4.69, 9.17) is 5.73 Å². The molecule has 0 radical (unpaired) electrons. The van der Waals surface area contributed by atoms with Gasteiger partial charge in [0.2, 0.25) is 0 Å². The second kappa shape index (κ2) is 6.13. The van der Waals surface area contributed by atoms with Crippen molar-refractivity contribution in [1.29, 1.82) is 0 Å². The fourth-order valence-electron chi connectivity index (χ4n) is 2.51. The number of nitrogens with two attached hydrogens (primary N) is 1. The fourth-order valence-corrected chi connectivity index (χ4v) is 4.39. The predicted octanol–water partition coefficient (Wildman–Crippen LogP) is 1.89. The lowest BCUT2D eigenvalue weighted by molar-refractivity contribution is 0.291. The Labute approximate surface area is 129 Å². The van der Waals surface area contributed by atoms with Crippen molar-refractivity contribution in [3.8, 4) is 0 Å². The summed E-state index contributed by atoms with van der Waals surface area (Å²) in [5, 5.41) is 0. The Balaban J connectivity index is 1.97. The van der Waals surface area contributed by atoms with Crippen molar-refractivity contribution in [2.24, 2.45) is 11.1 Å². The minimum Gasteiger partial charge on any atom is -0.330 e. The van der Waals surface area contributed by atoms with Gasteiger partial charge in [-0.1, -0.05) is 28.9 Å². The van der Waals surface area contributed by atoms with Crippen molar-refractivity contribution in [1.82, 2.24) is 4.90 Å². The topological polar surface area (TPSA) is 63.4 Å². The third kappa shape index (κ3) is 3.81. The number of nitrogens with zero attached hydrogens (tertiary/aromatic N) is 1. The van der Waals surface area contributed by atoms with Gasteiger partial charge < -0.3 is 10.6 Å². The molecular formula is C14H21BrN2O2S. The average Bonchev–Trinajstić information content (AvgIpc) is 2.79. The van der Waals surface area contributed by atoms with Crippen LogP contribution in [0.5, 0.6) is 0 Å². The molecule has 1 unspecified atom stereocenters. The predicted molar refractivity (Wildman–Crippen MR) is 84.4 cm³/mol. The number of halogens is 1. The molecule has 112 valence electrons. The average molecular weight is 361 g/mol. The van der Waals surface area contributed by atoms with Gasteiger partial charge in [-0.05, 0) is 43.1 Å². The Bertz CT molecular complexity index is 576. The summed E-state index contributed by atoms with van der Waals surface area (Å²) in [5.74, 6) is 0.157. The van der Waals surface area contributed by atoms with Crippen LogP contribution in [0.15, 0.2) is 33.6 Å². The van der Waals surface area contributed by atoms with Crippen molar-refractivity contribution in [3.05, 3.63) is 28.7 Å². The van der Waals surface area contributed by atoms with Crippen LogP contribution in [0.25, 0.3) is 0 Å². The van der Waals surface area contributed by atoms with Gasteiger partial charge in [0, 0.05) is 17.6 Å². The monoisotopic (exact) mass is 360 g/mol. The Morgan fingerprint density at radius 1 is 1.45 bits per heavy atom. The third-order valence-electron chi connectivity index (χ3n) is 3.96. The number of likely N-dealkylation sites (tertiary alicyclic amines) is 1. The van der Waals surface area contributed by atoms with Gasteiger partial charge in [-0.15, -0.1) is 0 Å². The normalized spacial score (nSPS) is 24.1. The first kappa shape index (κ1) is 15.9. The standard InChI is InChI=1S/C14H21BrN2O2S/c1-14(10-16)5-6-17(11-14)7-8-20(18,19)13-4-2-3-12(15)9-13/h2-4,9H,5-8,10-11,16H2,1H3. The van der Waals surface area contributed by atoms with E-state index >= 15 is 0 Å². The molecule has 4 nitrogen and oxygen atoms in total. The molecule has 0 saturated carbocycles. The lowest BCUT2D eigenvalue weighted by atomic mass is 9.90. The number of hydrogen-bond donors (Lipinski definition) is 1. The van der Waals surface area contributed by atoms with Crippen molar-refractivity contribution < 1.29 is 8.42 Å². The summed E-state index contributed by atoms with van der Waals surface area (Å²) in [6, 6.07) is 6.88. The Morgan fingerprint density at radius 2 is 2.20 bits per heavy atom. The van der Waals surface area contributed by atoms with E-state index in [0.29, 0.717) is 18.0 Å². The first-order valence-corrected chi connectivity index (χ1v) is 9.20. The molecule has 1 fully saturated rings. The zero-order chi connectivity index (χ0) is 14.8. The van der Waals surface area contributed by atoms with E-state index in [1.807, 2.05) is 6.07 Å². The van der Waals surface area contributed by atoms with Crippen LogP contribution in [0.4, 0.5) is 0 Å². The van der Waals surface area contributed by atoms with Crippen LogP contribution in [0, 0.1) is 5.41 Å². The summed E-state index contributed by atoms with van der Waals surface area (Å²) >= 11 is 3.31. The number of sulfone groups is 1. The van der Waals surface area contributed by atoms with Crippen LogP contribution >= 0.6 is 15.9 Å². The van der Waals surface area contributed by atoms with Crippen LogP contribution in [-0.2, 0) is 9.84 Å². The van der Waals surface area contributed by atoms with Crippen LogP contribution in [0.1, 0.15) is 13.3 Å². The van der Waals surface area contributed by atoms with E-state index in [1.165, 1.54) is 0 Å². The van der Waals surface area contributed by atoms with Gasteiger partial charge in [-0.25, -0.2) is 8.42 Å². The number of hydrogen-bond acceptors (Lipinski definition) is 4. The first-order chi connectivity index (χ1) is 9.35. The molecule has 0 bridgehead atoms. The summed E-state index contributed by atoms with van der Waals surface area (Å²) < 4.78 is 25.4. The number of benzene rings is 1. The maximum atomic E-state index is 12.3. The zero-order valence-electron chi connectivity index (χ0n) is 11.7. The Kier molecular flexibility index (Phi) is 4.89. The van der Waals surface area contributed by atoms with Crippen LogP contribution in [0.3, 0.4) is 0 Å². The molecule has 0 aliphatic carbocycles. The fraction of sp³-hybridized carbons (Fsp3) is 0.571. The van der Waals surface area contributed by atoms with Gasteiger partial charge in [0.05, 0.1) is 10.6 Å². The van der Waals surface area contributed by atoms with Gasteiger partial charge in [0.1, 0.15) is 0 Å². The Morgan fingerprint density at radius 3 is 2.80 bits per heavy atom. The molecule has 1 aliphatic heterocycles. The maximum absolute atomic E-state index is 12.3. The third-order valence-corrected chi connectivity index (χ3v) is 6.15. The molecule has 1 aromatic rings. The molecule has 20 heavy (non-hydrogen) atoms. The maximum Gasteiger partial charge on any atom is 0.179 e. The van der Waals surface area contributed by atoms with Gasteiger partial charge in [0.15, 0.2) is 9.84 Å². The summed E-state index contributed by atoms with van der Waals surface area (Å²) in [6.07, 6.45) is 1.04. The van der Waals surface area contributed by atoms with E-state index < -0.39 is 9.84 Å². The molecule has 1 saturated heterocycles. The van der Waals surface area contributed by atoms with Gasteiger partial charge in [0.25, 0.3) is 0 Å². The quantitative estimate of drug-likeness (QED) is 0.870. The molecule has 1 heterocycles. The highest BCUT2D eigenvalue weighted by Crippen LogP contribution is 2.28. The highest BCUT2D eigenvalue weighted by atomic mass is 79.9. The SMILES string of the molecule is CC1(CN)CCN(CCS(=O)(=O)c2cccc(Br)c2)C1. The molecule has 1 atom stereocenters.